The van der Waals surface area contributed by atoms with E-state index in [0.717, 1.165) is 0 Å². The Morgan fingerprint density at radius 3 is 2.70 bits per heavy atom. The molecule has 0 N–H and O–H groups in total. The van der Waals surface area contributed by atoms with Crippen molar-refractivity contribution in [1.29, 1.82) is 0 Å². The maximum atomic E-state index is 3.30. The molecule has 2 aliphatic carbocycles. The van der Waals surface area contributed by atoms with Gasteiger partial charge in [-0.2, -0.15) is 35.6 Å². The summed E-state index contributed by atoms with van der Waals surface area (Å²) in [5.74, 6) is 0. The van der Waals surface area contributed by atoms with E-state index in [1.807, 2.05) is 17.8 Å². The van der Waals surface area contributed by atoms with Gasteiger partial charge >= 0.3 is 26.2 Å². The van der Waals surface area contributed by atoms with Crippen molar-refractivity contribution in [3.8, 4) is 0 Å². The van der Waals surface area contributed by atoms with Crippen molar-refractivity contribution in [2.24, 2.45) is 0 Å². The largest absolute Gasteiger partial charge is 4.00 e. The third kappa shape index (κ3) is 3.95. The maximum absolute atomic E-state index is 3.30. The van der Waals surface area contributed by atoms with E-state index in [2.05, 4.69) is 89.4 Å². The average Bonchev–Trinajstić information content (AvgIpc) is 3.07. The van der Waals surface area contributed by atoms with Crippen molar-refractivity contribution < 1.29 is 51.0 Å². The van der Waals surface area contributed by atoms with E-state index in [9.17, 15) is 0 Å². The van der Waals surface area contributed by atoms with E-state index < -0.39 is 0 Å². The van der Waals surface area contributed by atoms with Gasteiger partial charge in [-0.25, -0.2) is 0 Å². The molecule has 0 saturated heterocycles. The molecule has 1 unspecified atom stereocenters. The van der Waals surface area contributed by atoms with Gasteiger partial charge in [0, 0.05) is 0 Å². The zero-order valence-corrected chi connectivity index (χ0v) is 18.8. The van der Waals surface area contributed by atoms with Crippen LogP contribution in [0.1, 0.15) is 0 Å². The van der Waals surface area contributed by atoms with Crippen LogP contribution < -0.4 is 24.8 Å². The molecule has 2 aromatic rings. The first kappa shape index (κ1) is 21.4. The van der Waals surface area contributed by atoms with Crippen molar-refractivity contribution in [2.45, 2.75) is 7.65 Å². The first-order valence-electron chi connectivity index (χ1n) is 6.49. The molecule has 4 rings (SSSR count). The number of allylic oxidation sites excluding steroid dienone is 6. The predicted molar refractivity (Wildman–Crippen MR) is 95.3 cm³/mol. The molecule has 0 aromatic heterocycles. The molecule has 0 fully saturated rings. The summed E-state index contributed by atoms with van der Waals surface area (Å²) in [6.07, 6.45) is 14.1. The van der Waals surface area contributed by atoms with E-state index in [0.29, 0.717) is 0 Å². The van der Waals surface area contributed by atoms with E-state index >= 15 is 0 Å². The number of thioether (sulfide) groups is 1. The molecule has 2 aliphatic rings. The summed E-state index contributed by atoms with van der Waals surface area (Å²) in [4.78, 5) is 1.34. The number of fused-ring (bicyclic) bond motifs is 2. The fourth-order valence-corrected chi connectivity index (χ4v) is 5.21. The van der Waals surface area contributed by atoms with E-state index in [1.54, 1.807) is 0 Å². The minimum Gasteiger partial charge on any atom is -1.00 e. The number of rotatable bonds is 2. The van der Waals surface area contributed by atoms with Crippen LogP contribution in [-0.2, 0) is 26.2 Å². The van der Waals surface area contributed by atoms with Crippen LogP contribution in [0.15, 0.2) is 82.8 Å². The van der Waals surface area contributed by atoms with Crippen molar-refractivity contribution in [1.82, 2.24) is 0 Å². The van der Waals surface area contributed by atoms with Gasteiger partial charge in [0.2, 0.25) is 0 Å². The summed E-state index contributed by atoms with van der Waals surface area (Å²) in [6, 6.07) is 13.0. The summed E-state index contributed by atoms with van der Waals surface area (Å²) in [5.41, 5.74) is 2.56. The Labute approximate surface area is 186 Å². The Bertz CT molecular complexity index is 819. The smallest absolute Gasteiger partial charge is 1.00 e. The summed E-state index contributed by atoms with van der Waals surface area (Å²) in [5, 5.41) is 2.66. The van der Waals surface area contributed by atoms with Gasteiger partial charge in [0.25, 0.3) is 0 Å². The van der Waals surface area contributed by atoms with Crippen LogP contribution in [-0.4, -0.2) is 2.75 Å². The fraction of sp³-hybridized carbons (Fsp3) is 0.0556. The van der Waals surface area contributed by atoms with Gasteiger partial charge in [-0.3, -0.25) is 0 Å². The fourth-order valence-electron chi connectivity index (χ4n) is 2.64. The molecular weight excluding hydrogens is 537 g/mol. The SMILES string of the molecule is IC1(S[c-]2ccc3ccccc32)C=CC=C2[C-]=CC=C21.[Cl-].[Cl-].[Zr+4]. The second kappa shape index (κ2) is 8.62. The second-order valence-electron chi connectivity index (χ2n) is 4.86. The molecule has 2 aromatic carbocycles. The van der Waals surface area contributed by atoms with Gasteiger partial charge in [0.05, 0.1) is 2.75 Å². The van der Waals surface area contributed by atoms with Gasteiger partial charge < -0.3 is 24.8 Å². The molecule has 23 heavy (non-hydrogen) atoms. The quantitative estimate of drug-likeness (QED) is 0.280. The Morgan fingerprint density at radius 2 is 1.87 bits per heavy atom. The predicted octanol–water partition coefficient (Wildman–Crippen LogP) is -0.417. The minimum absolute atomic E-state index is 0. The molecule has 0 nitrogen and oxygen atoms in total. The minimum atomic E-state index is -0.0427. The van der Waals surface area contributed by atoms with Crippen LogP contribution in [0.2, 0.25) is 0 Å². The van der Waals surface area contributed by atoms with Crippen LogP contribution in [0, 0.1) is 6.08 Å². The Kier molecular flexibility index (Phi) is 8.01. The Balaban J connectivity index is 0.000000882. The monoisotopic (exact) mass is 546 g/mol. The molecule has 114 valence electrons. The van der Waals surface area contributed by atoms with Crippen LogP contribution in [0.25, 0.3) is 10.8 Å². The number of alkyl halides is 1. The first-order valence-corrected chi connectivity index (χ1v) is 8.39. The van der Waals surface area contributed by atoms with Crippen LogP contribution in [0.5, 0.6) is 0 Å². The molecule has 0 spiro atoms. The molecule has 1 atom stereocenters. The summed E-state index contributed by atoms with van der Waals surface area (Å²) < 4.78 is -0.0427. The molecule has 0 bridgehead atoms. The molecule has 0 amide bonds. The summed E-state index contributed by atoms with van der Waals surface area (Å²) in [7, 11) is 0. The van der Waals surface area contributed by atoms with Crippen molar-refractivity contribution in [2.75, 3.05) is 0 Å². The Hall–Kier alpha value is 0.333. The number of hydrogen-bond donors (Lipinski definition) is 0. The van der Waals surface area contributed by atoms with Crippen molar-refractivity contribution in [3.63, 3.8) is 0 Å². The molecule has 0 saturated carbocycles. The van der Waals surface area contributed by atoms with Gasteiger partial charge in [0.15, 0.2) is 0 Å². The topological polar surface area (TPSA) is 0 Å². The van der Waals surface area contributed by atoms with E-state index in [4.69, 9.17) is 0 Å². The molecule has 0 radical (unpaired) electrons. The first-order chi connectivity index (χ1) is 9.76. The molecule has 5 heteroatoms. The number of halogens is 3. The Morgan fingerprint density at radius 1 is 1.09 bits per heavy atom. The van der Waals surface area contributed by atoms with Crippen molar-refractivity contribution in [3.05, 3.63) is 84.0 Å². The third-order valence-corrected chi connectivity index (χ3v) is 6.45. The average molecular weight is 548 g/mol. The normalized spacial score (nSPS) is 20.7. The van der Waals surface area contributed by atoms with Crippen LogP contribution in [0.3, 0.4) is 0 Å². The molecule has 0 heterocycles. The van der Waals surface area contributed by atoms with E-state index in [-0.39, 0.29) is 53.8 Å². The maximum Gasteiger partial charge on any atom is 4.00 e. The van der Waals surface area contributed by atoms with E-state index in [1.165, 1.54) is 26.8 Å². The summed E-state index contributed by atoms with van der Waals surface area (Å²) in [6.45, 7) is 0. The molecule has 0 aliphatic heterocycles. The summed E-state index contributed by atoms with van der Waals surface area (Å²) >= 11 is 4.46. The van der Waals surface area contributed by atoms with Gasteiger partial charge in [-0.15, -0.1) is 58.8 Å². The second-order valence-corrected chi connectivity index (χ2v) is 8.58. The zero-order valence-electron chi connectivity index (χ0n) is 11.9. The van der Waals surface area contributed by atoms with Crippen LogP contribution >= 0.6 is 34.4 Å². The molecular formula is C18H11Cl2ISZr. The standard InChI is InChI=1S/C18H11IS.2ClH.Zr/c19-18(12-4-7-14-6-3-9-16(14)18)20-17-11-10-13-5-1-2-8-15(13)17;;;/h1-5,7-12H;2*1H;/q-2;;;+4/p-2. The van der Waals surface area contributed by atoms with Gasteiger partial charge in [0.1, 0.15) is 0 Å². The van der Waals surface area contributed by atoms with Gasteiger partial charge in [-0.1, -0.05) is 39.6 Å². The zero-order chi connectivity index (χ0) is 13.6. The number of benzene rings is 1. The van der Waals surface area contributed by atoms with Gasteiger partial charge in [-0.05, 0) is 0 Å². The van der Waals surface area contributed by atoms with Crippen LogP contribution in [0.4, 0.5) is 0 Å². The third-order valence-electron chi connectivity index (χ3n) is 3.62. The van der Waals surface area contributed by atoms with Crippen molar-refractivity contribution >= 4 is 45.1 Å². The number of hydrogen-bond acceptors (Lipinski definition) is 1.